The number of aromatic nitrogens is 2. The summed E-state index contributed by atoms with van der Waals surface area (Å²) < 4.78 is 16.9. The van der Waals surface area contributed by atoms with Crippen LogP contribution in [0.4, 0.5) is 0 Å². The van der Waals surface area contributed by atoms with Crippen molar-refractivity contribution in [2.75, 3.05) is 26.3 Å². The van der Waals surface area contributed by atoms with Crippen molar-refractivity contribution in [3.05, 3.63) is 40.9 Å². The quantitative estimate of drug-likeness (QED) is 0.862. The molecule has 2 aromatic rings. The molecule has 23 heavy (non-hydrogen) atoms. The first kappa shape index (κ1) is 16.0. The first-order chi connectivity index (χ1) is 11.1. The first-order valence-corrected chi connectivity index (χ1v) is 7.94. The van der Waals surface area contributed by atoms with E-state index in [0.29, 0.717) is 19.1 Å². The Hall–Kier alpha value is -1.92. The van der Waals surface area contributed by atoms with Gasteiger partial charge in [-0.1, -0.05) is 11.2 Å². The summed E-state index contributed by atoms with van der Waals surface area (Å²) in [4.78, 5) is 6.73. The van der Waals surface area contributed by atoms with Crippen LogP contribution in [0.15, 0.2) is 22.7 Å². The molecular formula is C17H23N3O3. The van der Waals surface area contributed by atoms with Crippen LogP contribution in [-0.4, -0.2) is 47.4 Å². The number of rotatable bonds is 4. The van der Waals surface area contributed by atoms with E-state index >= 15 is 0 Å². The third-order valence-corrected chi connectivity index (χ3v) is 4.03. The fraction of sp³-hybridized carbons (Fsp3) is 0.529. The maximum atomic E-state index is 6.01. The summed E-state index contributed by atoms with van der Waals surface area (Å²) in [5.74, 6) is 1.53. The van der Waals surface area contributed by atoms with Crippen molar-refractivity contribution in [1.82, 2.24) is 15.0 Å². The van der Waals surface area contributed by atoms with Gasteiger partial charge >= 0.3 is 0 Å². The normalized spacial score (nSPS) is 19.5. The van der Waals surface area contributed by atoms with Crippen LogP contribution in [0.1, 0.15) is 22.7 Å². The Bertz CT molecular complexity index is 637. The van der Waals surface area contributed by atoms with Crippen molar-refractivity contribution >= 4 is 0 Å². The van der Waals surface area contributed by atoms with E-state index in [2.05, 4.69) is 15.0 Å². The van der Waals surface area contributed by atoms with Crippen LogP contribution in [0, 0.1) is 20.8 Å². The van der Waals surface area contributed by atoms with E-state index in [1.165, 1.54) is 0 Å². The van der Waals surface area contributed by atoms with E-state index in [4.69, 9.17) is 14.0 Å². The molecule has 2 aromatic heterocycles. The number of nitrogens with zero attached hydrogens (tertiary/aromatic N) is 3. The smallest absolute Gasteiger partial charge is 0.213 e. The molecule has 3 rings (SSSR count). The van der Waals surface area contributed by atoms with Gasteiger partial charge < -0.3 is 14.0 Å². The molecule has 3 heterocycles. The molecule has 0 aromatic carbocycles. The van der Waals surface area contributed by atoms with Gasteiger partial charge in [-0.15, -0.1) is 0 Å². The molecule has 0 aliphatic carbocycles. The predicted molar refractivity (Wildman–Crippen MR) is 85.5 cm³/mol. The topological polar surface area (TPSA) is 60.6 Å². The zero-order valence-electron chi connectivity index (χ0n) is 13.9. The Kier molecular flexibility index (Phi) is 4.93. The van der Waals surface area contributed by atoms with Crippen molar-refractivity contribution < 1.29 is 14.0 Å². The van der Waals surface area contributed by atoms with Crippen molar-refractivity contribution in [3.8, 4) is 5.88 Å². The van der Waals surface area contributed by atoms with Crippen molar-refractivity contribution in [2.24, 2.45) is 0 Å². The summed E-state index contributed by atoms with van der Waals surface area (Å²) in [6, 6.07) is 5.80. The molecule has 0 radical (unpaired) electrons. The summed E-state index contributed by atoms with van der Waals surface area (Å²) >= 11 is 0. The van der Waals surface area contributed by atoms with Gasteiger partial charge in [-0.25, -0.2) is 4.98 Å². The lowest BCUT2D eigenvalue weighted by Crippen LogP contribution is -2.36. The lowest BCUT2D eigenvalue weighted by molar-refractivity contribution is 0.0682. The highest BCUT2D eigenvalue weighted by atomic mass is 16.5. The molecule has 1 saturated heterocycles. The summed E-state index contributed by atoms with van der Waals surface area (Å²) in [6.07, 6.45) is -0.0349. The summed E-state index contributed by atoms with van der Waals surface area (Å²) in [6.45, 7) is 9.62. The van der Waals surface area contributed by atoms with E-state index in [9.17, 15) is 0 Å². The zero-order chi connectivity index (χ0) is 16.2. The Morgan fingerprint density at radius 1 is 1.30 bits per heavy atom. The summed E-state index contributed by atoms with van der Waals surface area (Å²) in [5, 5.41) is 4.03. The van der Waals surface area contributed by atoms with Crippen LogP contribution >= 0.6 is 0 Å². The molecule has 6 nitrogen and oxygen atoms in total. The van der Waals surface area contributed by atoms with Gasteiger partial charge in [0.05, 0.1) is 18.9 Å². The van der Waals surface area contributed by atoms with E-state index in [-0.39, 0.29) is 6.10 Å². The monoisotopic (exact) mass is 317 g/mol. The molecule has 1 aliphatic heterocycles. The maximum Gasteiger partial charge on any atom is 0.213 e. The highest BCUT2D eigenvalue weighted by molar-refractivity contribution is 5.20. The number of aryl methyl sites for hydroxylation is 3. The van der Waals surface area contributed by atoms with E-state index in [0.717, 1.165) is 42.3 Å². The van der Waals surface area contributed by atoms with Gasteiger partial charge in [0.2, 0.25) is 5.88 Å². The van der Waals surface area contributed by atoms with E-state index in [1.807, 2.05) is 39.0 Å². The van der Waals surface area contributed by atoms with Gasteiger partial charge in [0.1, 0.15) is 11.9 Å². The minimum atomic E-state index is -0.0349. The third kappa shape index (κ3) is 4.09. The number of ether oxygens (including phenoxy) is 2. The second-order valence-electron chi connectivity index (χ2n) is 5.97. The Morgan fingerprint density at radius 2 is 2.17 bits per heavy atom. The zero-order valence-corrected chi connectivity index (χ0v) is 13.9. The average molecular weight is 317 g/mol. The van der Waals surface area contributed by atoms with Crippen LogP contribution in [0.5, 0.6) is 5.88 Å². The molecule has 1 aliphatic rings. The molecule has 0 saturated carbocycles. The molecule has 0 N–H and O–H groups in total. The minimum Gasteiger partial charge on any atom is -0.471 e. The Morgan fingerprint density at radius 3 is 2.91 bits per heavy atom. The van der Waals surface area contributed by atoms with Crippen LogP contribution < -0.4 is 4.74 Å². The van der Waals surface area contributed by atoms with Crippen molar-refractivity contribution in [2.45, 2.75) is 33.4 Å². The molecular weight excluding hydrogens is 294 g/mol. The molecule has 1 atom stereocenters. The van der Waals surface area contributed by atoms with Crippen molar-refractivity contribution in [3.63, 3.8) is 0 Å². The van der Waals surface area contributed by atoms with Crippen LogP contribution in [-0.2, 0) is 11.3 Å². The highest BCUT2D eigenvalue weighted by Gasteiger charge is 2.22. The minimum absolute atomic E-state index is 0.0349. The van der Waals surface area contributed by atoms with Gasteiger partial charge in [0.25, 0.3) is 0 Å². The fourth-order valence-corrected chi connectivity index (χ4v) is 2.76. The standard InChI is InChI=1S/C17H23N3O3/c1-12-5-4-6-17(18-12)22-15-9-20(7-8-21-11-15)10-16-13(2)19-23-14(16)3/h4-6,15H,7-11H2,1-3H3/t15-/m1/s1. The van der Waals surface area contributed by atoms with E-state index < -0.39 is 0 Å². The average Bonchev–Trinajstić information content (AvgIpc) is 2.72. The molecule has 0 bridgehead atoms. The van der Waals surface area contributed by atoms with Gasteiger partial charge in [0.15, 0.2) is 0 Å². The Labute approximate surface area is 136 Å². The molecule has 6 heteroatoms. The SMILES string of the molecule is Cc1cccc(O[C@H]2COCCN(Cc3c(C)noc3C)C2)n1. The van der Waals surface area contributed by atoms with Crippen LogP contribution in [0.25, 0.3) is 0 Å². The lowest BCUT2D eigenvalue weighted by atomic mass is 10.2. The predicted octanol–water partition coefficient (Wildman–Crippen LogP) is 2.27. The van der Waals surface area contributed by atoms with Gasteiger partial charge in [-0.2, -0.15) is 0 Å². The largest absolute Gasteiger partial charge is 0.471 e. The second kappa shape index (κ2) is 7.10. The van der Waals surface area contributed by atoms with Gasteiger partial charge in [-0.05, 0) is 26.8 Å². The van der Waals surface area contributed by atoms with E-state index in [1.54, 1.807) is 0 Å². The lowest BCUT2D eigenvalue weighted by Gasteiger charge is -2.23. The van der Waals surface area contributed by atoms with Crippen LogP contribution in [0.2, 0.25) is 0 Å². The first-order valence-electron chi connectivity index (χ1n) is 7.94. The molecule has 0 spiro atoms. The third-order valence-electron chi connectivity index (χ3n) is 4.03. The highest BCUT2D eigenvalue weighted by Crippen LogP contribution is 2.17. The maximum absolute atomic E-state index is 6.01. The van der Waals surface area contributed by atoms with Crippen LogP contribution in [0.3, 0.4) is 0 Å². The number of pyridine rings is 1. The van der Waals surface area contributed by atoms with Crippen molar-refractivity contribution in [1.29, 1.82) is 0 Å². The van der Waals surface area contributed by atoms with Gasteiger partial charge in [-0.3, -0.25) is 4.90 Å². The molecule has 0 amide bonds. The fourth-order valence-electron chi connectivity index (χ4n) is 2.76. The molecule has 1 fully saturated rings. The van der Waals surface area contributed by atoms with Gasteiger partial charge in [0, 0.05) is 37.0 Å². The molecule has 124 valence electrons. The number of hydrogen-bond acceptors (Lipinski definition) is 6. The molecule has 0 unspecified atom stereocenters. The second-order valence-corrected chi connectivity index (χ2v) is 5.97. The summed E-state index contributed by atoms with van der Waals surface area (Å²) in [7, 11) is 0. The Balaban J connectivity index is 1.66. The summed E-state index contributed by atoms with van der Waals surface area (Å²) in [5.41, 5.74) is 3.05. The number of hydrogen-bond donors (Lipinski definition) is 0.